The summed E-state index contributed by atoms with van der Waals surface area (Å²) in [6.07, 6.45) is 0. The molecule has 0 amide bonds. The summed E-state index contributed by atoms with van der Waals surface area (Å²) < 4.78 is 2.27. The molecule has 0 fully saturated rings. The monoisotopic (exact) mass is 625 g/mol. The Morgan fingerprint density at radius 2 is 0.816 bits per heavy atom. The van der Waals surface area contributed by atoms with Gasteiger partial charge < -0.3 is 0 Å². The SMILES string of the molecule is c1ccc(-c2ccc(-c3cccc(-c4nc(-c5cccc(-c6ccccc6)c5)c5c6ccccc6n(-c6ccccc6)c5n4)c3)cc2)cc1. The molecule has 0 aliphatic carbocycles. The van der Waals surface area contributed by atoms with Crippen LogP contribution in [0.3, 0.4) is 0 Å². The van der Waals surface area contributed by atoms with E-state index in [0.717, 1.165) is 61.1 Å². The molecule has 0 radical (unpaired) electrons. The number of fused-ring (bicyclic) bond motifs is 3. The zero-order valence-electron chi connectivity index (χ0n) is 26.7. The van der Waals surface area contributed by atoms with E-state index in [1.165, 1.54) is 16.7 Å². The third kappa shape index (κ3) is 5.28. The first-order chi connectivity index (χ1) is 24.3. The van der Waals surface area contributed by atoms with E-state index >= 15 is 0 Å². The minimum absolute atomic E-state index is 0.690. The van der Waals surface area contributed by atoms with Crippen LogP contribution in [0.15, 0.2) is 188 Å². The molecule has 3 heteroatoms. The summed E-state index contributed by atoms with van der Waals surface area (Å²) >= 11 is 0. The molecule has 9 aromatic rings. The van der Waals surface area contributed by atoms with Gasteiger partial charge in [-0.05, 0) is 63.7 Å². The lowest BCUT2D eigenvalue weighted by Crippen LogP contribution is -1.99. The lowest BCUT2D eigenvalue weighted by atomic mass is 9.98. The maximum Gasteiger partial charge on any atom is 0.162 e. The first-order valence-electron chi connectivity index (χ1n) is 16.6. The average Bonchev–Trinajstić information content (AvgIpc) is 3.53. The van der Waals surface area contributed by atoms with Gasteiger partial charge in [0.1, 0.15) is 5.65 Å². The van der Waals surface area contributed by atoms with Crippen molar-refractivity contribution in [1.82, 2.24) is 14.5 Å². The van der Waals surface area contributed by atoms with Crippen molar-refractivity contribution < 1.29 is 0 Å². The van der Waals surface area contributed by atoms with Crippen LogP contribution in [0.5, 0.6) is 0 Å². The second-order valence-electron chi connectivity index (χ2n) is 12.3. The molecule has 0 spiro atoms. The smallest absolute Gasteiger partial charge is 0.162 e. The molecule has 230 valence electrons. The van der Waals surface area contributed by atoms with Crippen molar-refractivity contribution >= 4 is 21.9 Å². The highest BCUT2D eigenvalue weighted by atomic mass is 15.1. The van der Waals surface area contributed by atoms with E-state index in [1.54, 1.807) is 0 Å². The van der Waals surface area contributed by atoms with E-state index < -0.39 is 0 Å². The first-order valence-corrected chi connectivity index (χ1v) is 16.6. The van der Waals surface area contributed by atoms with E-state index in [0.29, 0.717) is 5.82 Å². The van der Waals surface area contributed by atoms with Crippen molar-refractivity contribution in [2.24, 2.45) is 0 Å². The Hall–Kier alpha value is -6.58. The van der Waals surface area contributed by atoms with Crippen LogP contribution in [0.2, 0.25) is 0 Å². The lowest BCUT2D eigenvalue weighted by molar-refractivity contribution is 1.11. The number of nitrogens with zero attached hydrogens (tertiary/aromatic N) is 3. The molecule has 3 nitrogen and oxygen atoms in total. The van der Waals surface area contributed by atoms with Crippen LogP contribution in [-0.2, 0) is 0 Å². The summed E-state index contributed by atoms with van der Waals surface area (Å²) in [7, 11) is 0. The topological polar surface area (TPSA) is 30.7 Å². The molecule has 0 N–H and O–H groups in total. The van der Waals surface area contributed by atoms with E-state index in [1.807, 2.05) is 6.07 Å². The molecule has 0 saturated heterocycles. The van der Waals surface area contributed by atoms with Gasteiger partial charge in [0.05, 0.1) is 16.6 Å². The van der Waals surface area contributed by atoms with Crippen LogP contribution >= 0.6 is 0 Å². The predicted molar refractivity (Wildman–Crippen MR) is 204 cm³/mol. The summed E-state index contributed by atoms with van der Waals surface area (Å²) in [6.45, 7) is 0. The Labute approximate surface area is 285 Å². The molecule has 7 aromatic carbocycles. The molecule has 0 aliphatic heterocycles. The van der Waals surface area contributed by atoms with Gasteiger partial charge in [0.15, 0.2) is 5.82 Å². The molecular weight excluding hydrogens is 595 g/mol. The van der Waals surface area contributed by atoms with Crippen molar-refractivity contribution in [3.63, 3.8) is 0 Å². The minimum Gasteiger partial charge on any atom is -0.294 e. The fourth-order valence-corrected chi connectivity index (χ4v) is 6.83. The van der Waals surface area contributed by atoms with Gasteiger partial charge in [0, 0.05) is 22.2 Å². The molecule has 0 aliphatic rings. The molecule has 2 aromatic heterocycles. The zero-order valence-corrected chi connectivity index (χ0v) is 26.7. The number of rotatable bonds is 6. The molecule has 0 bridgehead atoms. The van der Waals surface area contributed by atoms with E-state index in [2.05, 4.69) is 187 Å². The van der Waals surface area contributed by atoms with Gasteiger partial charge >= 0.3 is 0 Å². The Balaban J connectivity index is 1.26. The van der Waals surface area contributed by atoms with Crippen molar-refractivity contribution in [3.8, 4) is 61.7 Å². The molecule has 0 unspecified atom stereocenters. The van der Waals surface area contributed by atoms with Crippen LogP contribution < -0.4 is 0 Å². The van der Waals surface area contributed by atoms with Crippen LogP contribution in [0, 0.1) is 0 Å². The van der Waals surface area contributed by atoms with Crippen LogP contribution in [0.4, 0.5) is 0 Å². The third-order valence-corrected chi connectivity index (χ3v) is 9.22. The van der Waals surface area contributed by atoms with Gasteiger partial charge in [-0.1, -0.05) is 158 Å². The second-order valence-corrected chi connectivity index (χ2v) is 12.3. The Morgan fingerprint density at radius 3 is 1.49 bits per heavy atom. The van der Waals surface area contributed by atoms with Crippen LogP contribution in [0.1, 0.15) is 0 Å². The number of hydrogen-bond acceptors (Lipinski definition) is 2. The van der Waals surface area contributed by atoms with Gasteiger partial charge in [-0.25, -0.2) is 9.97 Å². The molecule has 2 heterocycles. The summed E-state index contributed by atoms with van der Waals surface area (Å²) in [4.78, 5) is 10.8. The molecule has 0 atom stereocenters. The Morgan fingerprint density at radius 1 is 0.347 bits per heavy atom. The van der Waals surface area contributed by atoms with Crippen LogP contribution in [0.25, 0.3) is 83.6 Å². The highest BCUT2D eigenvalue weighted by Gasteiger charge is 2.21. The maximum absolute atomic E-state index is 5.40. The van der Waals surface area contributed by atoms with Crippen molar-refractivity contribution in [1.29, 1.82) is 0 Å². The number of para-hydroxylation sites is 2. The fourth-order valence-electron chi connectivity index (χ4n) is 6.83. The largest absolute Gasteiger partial charge is 0.294 e. The maximum atomic E-state index is 5.40. The lowest BCUT2D eigenvalue weighted by Gasteiger charge is -2.12. The van der Waals surface area contributed by atoms with Crippen molar-refractivity contribution in [2.45, 2.75) is 0 Å². The van der Waals surface area contributed by atoms with Gasteiger partial charge in [0.2, 0.25) is 0 Å². The van der Waals surface area contributed by atoms with Gasteiger partial charge in [-0.15, -0.1) is 0 Å². The van der Waals surface area contributed by atoms with Gasteiger partial charge in [-0.3, -0.25) is 4.57 Å². The summed E-state index contributed by atoms with van der Waals surface area (Å²) in [6, 6.07) is 66.1. The third-order valence-electron chi connectivity index (χ3n) is 9.22. The van der Waals surface area contributed by atoms with Gasteiger partial charge in [0.25, 0.3) is 0 Å². The fraction of sp³-hybridized carbons (Fsp3) is 0. The standard InChI is InChI=1S/C46H31N3/c1-4-14-32(15-5-1)34-26-28-35(29-27-34)37-19-13-21-39(31-37)45-47-44(38-20-12-18-36(30-38)33-16-6-2-7-17-33)43-41-24-10-11-25-42(41)49(46(43)48-45)40-22-8-3-9-23-40/h1-31H. The highest BCUT2D eigenvalue weighted by Crippen LogP contribution is 2.39. The Bertz CT molecular complexity index is 2570. The van der Waals surface area contributed by atoms with Gasteiger partial charge in [-0.2, -0.15) is 0 Å². The van der Waals surface area contributed by atoms with E-state index in [-0.39, 0.29) is 0 Å². The summed E-state index contributed by atoms with van der Waals surface area (Å²) in [5, 5.41) is 2.17. The van der Waals surface area contributed by atoms with E-state index in [9.17, 15) is 0 Å². The predicted octanol–water partition coefficient (Wildman–Crippen LogP) is 11.9. The highest BCUT2D eigenvalue weighted by molar-refractivity contribution is 6.14. The average molecular weight is 626 g/mol. The van der Waals surface area contributed by atoms with Crippen molar-refractivity contribution in [2.75, 3.05) is 0 Å². The number of aromatic nitrogens is 3. The summed E-state index contributed by atoms with van der Waals surface area (Å²) in [5.74, 6) is 0.690. The number of benzene rings is 7. The molecule has 0 saturated carbocycles. The van der Waals surface area contributed by atoms with Crippen LogP contribution in [-0.4, -0.2) is 14.5 Å². The second kappa shape index (κ2) is 12.2. The molecule has 9 rings (SSSR count). The van der Waals surface area contributed by atoms with E-state index in [4.69, 9.17) is 9.97 Å². The quantitative estimate of drug-likeness (QED) is 0.184. The molecular formula is C46H31N3. The first kappa shape index (κ1) is 28.6. The van der Waals surface area contributed by atoms with Crippen molar-refractivity contribution in [3.05, 3.63) is 188 Å². The normalized spacial score (nSPS) is 11.3. The zero-order chi connectivity index (χ0) is 32.6. The number of hydrogen-bond donors (Lipinski definition) is 0. The summed E-state index contributed by atoms with van der Waals surface area (Å²) in [5.41, 5.74) is 13.0. The molecule has 49 heavy (non-hydrogen) atoms. The Kier molecular flexibility index (Phi) is 7.14. The minimum atomic E-state index is 0.690.